The summed E-state index contributed by atoms with van der Waals surface area (Å²) in [5, 5.41) is 10.3. The Hall–Kier alpha value is -5.23. The average Bonchev–Trinajstić information content (AvgIpc) is 3.00. The van der Waals surface area contributed by atoms with E-state index in [2.05, 4.69) is 21.2 Å². The number of hydrazone groups is 1. The Morgan fingerprint density at radius 2 is 1.67 bits per heavy atom. The molecule has 0 saturated carbocycles. The van der Waals surface area contributed by atoms with Crippen LogP contribution in [0.3, 0.4) is 0 Å². The lowest BCUT2D eigenvalue weighted by atomic mass is 9.95. The number of nitrogens with one attached hydrogen (secondary N) is 3. The maximum Gasteiger partial charge on any atom is 0.343 e. The third-order valence-corrected chi connectivity index (χ3v) is 6.39. The van der Waals surface area contributed by atoms with Crippen molar-refractivity contribution in [1.29, 1.82) is 0 Å². The molecule has 3 N–H and O–H groups in total. The molecule has 0 saturated heterocycles. The Morgan fingerprint density at radius 1 is 0.977 bits per heavy atom. The van der Waals surface area contributed by atoms with Crippen molar-refractivity contribution < 1.29 is 33.3 Å². The van der Waals surface area contributed by atoms with Gasteiger partial charge in [-0.1, -0.05) is 18.2 Å². The number of hydrogen-bond donors (Lipinski definition) is 3. The molecule has 11 nitrogen and oxygen atoms in total. The number of benzene rings is 3. The number of ether oxygens (including phenoxy) is 4. The number of esters is 2. The largest absolute Gasteiger partial charge is 0.497 e. The van der Waals surface area contributed by atoms with Gasteiger partial charge in [-0.3, -0.25) is 4.79 Å². The second-order valence-corrected chi connectivity index (χ2v) is 9.51. The van der Waals surface area contributed by atoms with E-state index in [1.54, 1.807) is 93.8 Å². The first-order valence-corrected chi connectivity index (χ1v) is 13.6. The second-order valence-electron chi connectivity index (χ2n) is 9.10. The topological polar surface area (TPSA) is 137 Å². The first-order valence-electron chi connectivity index (χ1n) is 13.2. The van der Waals surface area contributed by atoms with Gasteiger partial charge in [0.1, 0.15) is 17.2 Å². The molecule has 0 spiro atoms. The molecule has 0 unspecified atom stereocenters. The van der Waals surface area contributed by atoms with Gasteiger partial charge in [0, 0.05) is 11.3 Å². The van der Waals surface area contributed by atoms with Crippen molar-refractivity contribution in [3.8, 4) is 17.2 Å². The molecule has 1 heterocycles. The summed E-state index contributed by atoms with van der Waals surface area (Å²) >= 11 is 5.30. The van der Waals surface area contributed by atoms with E-state index in [0.29, 0.717) is 50.3 Å². The van der Waals surface area contributed by atoms with Crippen LogP contribution >= 0.6 is 12.2 Å². The van der Waals surface area contributed by atoms with Crippen molar-refractivity contribution >= 4 is 41.4 Å². The molecule has 0 aromatic heterocycles. The first-order chi connectivity index (χ1) is 20.8. The van der Waals surface area contributed by atoms with Gasteiger partial charge in [0.25, 0.3) is 5.91 Å². The Labute approximate surface area is 253 Å². The summed E-state index contributed by atoms with van der Waals surface area (Å²) in [6, 6.07) is 19.6. The number of allylic oxidation sites excluding steroid dienone is 1. The van der Waals surface area contributed by atoms with Crippen molar-refractivity contribution in [2.75, 3.05) is 20.3 Å². The minimum absolute atomic E-state index is 0.216. The van der Waals surface area contributed by atoms with E-state index in [0.717, 1.165) is 0 Å². The molecule has 222 valence electrons. The van der Waals surface area contributed by atoms with Crippen LogP contribution in [-0.2, 0) is 14.3 Å². The van der Waals surface area contributed by atoms with Crippen LogP contribution in [0, 0.1) is 0 Å². The van der Waals surface area contributed by atoms with Crippen LogP contribution in [0.25, 0.3) is 0 Å². The molecule has 0 bridgehead atoms. The Kier molecular flexibility index (Phi) is 10.4. The van der Waals surface area contributed by atoms with Gasteiger partial charge in [0.15, 0.2) is 11.7 Å². The normalized spacial score (nSPS) is 14.4. The van der Waals surface area contributed by atoms with E-state index in [4.69, 9.17) is 31.2 Å². The maximum absolute atomic E-state index is 12.7. The van der Waals surface area contributed by atoms with Crippen LogP contribution in [0.4, 0.5) is 0 Å². The summed E-state index contributed by atoms with van der Waals surface area (Å²) in [6.45, 7) is 3.35. The summed E-state index contributed by atoms with van der Waals surface area (Å²) in [7, 11) is 1.55. The van der Waals surface area contributed by atoms with Crippen LogP contribution in [-0.4, -0.2) is 49.5 Å². The van der Waals surface area contributed by atoms with Crippen LogP contribution in [0.1, 0.15) is 41.4 Å². The fourth-order valence-electron chi connectivity index (χ4n) is 4.13. The van der Waals surface area contributed by atoms with E-state index in [1.165, 1.54) is 6.21 Å². The van der Waals surface area contributed by atoms with E-state index >= 15 is 0 Å². The van der Waals surface area contributed by atoms with Crippen molar-refractivity contribution in [2.45, 2.75) is 19.9 Å². The Balaban J connectivity index is 1.33. The van der Waals surface area contributed by atoms with Gasteiger partial charge in [-0.15, -0.1) is 0 Å². The van der Waals surface area contributed by atoms with Gasteiger partial charge >= 0.3 is 11.9 Å². The van der Waals surface area contributed by atoms with Gasteiger partial charge in [0.2, 0.25) is 0 Å². The van der Waals surface area contributed by atoms with Crippen LogP contribution in [0.2, 0.25) is 0 Å². The summed E-state index contributed by atoms with van der Waals surface area (Å²) in [5.41, 5.74) is 5.01. The highest BCUT2D eigenvalue weighted by Crippen LogP contribution is 2.33. The summed E-state index contributed by atoms with van der Waals surface area (Å²) in [4.78, 5) is 37.5. The average molecular weight is 603 g/mol. The molecule has 0 aliphatic carbocycles. The number of carbonyl (C=O) groups excluding carboxylic acids is 3. The molecule has 43 heavy (non-hydrogen) atoms. The Bertz CT molecular complexity index is 1550. The quantitative estimate of drug-likeness (QED) is 0.0978. The molecule has 1 amide bonds. The van der Waals surface area contributed by atoms with E-state index in [1.807, 2.05) is 0 Å². The number of amides is 1. The molecular weight excluding hydrogens is 572 g/mol. The van der Waals surface area contributed by atoms with Gasteiger partial charge in [-0.05, 0) is 86.2 Å². The lowest BCUT2D eigenvalue weighted by Gasteiger charge is -2.30. The summed E-state index contributed by atoms with van der Waals surface area (Å²) in [5.74, 6) is -0.104. The van der Waals surface area contributed by atoms with E-state index in [9.17, 15) is 14.4 Å². The predicted molar refractivity (Wildman–Crippen MR) is 163 cm³/mol. The van der Waals surface area contributed by atoms with Gasteiger partial charge < -0.3 is 29.6 Å². The molecule has 1 aliphatic rings. The Morgan fingerprint density at radius 3 is 2.37 bits per heavy atom. The number of thiocarbonyl (C=S) groups is 1. The number of carbonyl (C=O) groups is 3. The van der Waals surface area contributed by atoms with Gasteiger partial charge in [-0.25, -0.2) is 15.0 Å². The van der Waals surface area contributed by atoms with Crippen molar-refractivity contribution in [3.63, 3.8) is 0 Å². The lowest BCUT2D eigenvalue weighted by Crippen LogP contribution is -2.45. The highest BCUT2D eigenvalue weighted by Gasteiger charge is 2.32. The highest BCUT2D eigenvalue weighted by molar-refractivity contribution is 7.80. The van der Waals surface area contributed by atoms with Crippen molar-refractivity contribution in [3.05, 3.63) is 101 Å². The minimum atomic E-state index is -0.636. The fourth-order valence-corrected chi connectivity index (χ4v) is 4.40. The third-order valence-electron chi connectivity index (χ3n) is 6.17. The number of rotatable bonds is 11. The van der Waals surface area contributed by atoms with E-state index < -0.39 is 23.9 Å². The zero-order valence-corrected chi connectivity index (χ0v) is 24.5. The minimum Gasteiger partial charge on any atom is -0.497 e. The molecule has 12 heteroatoms. The summed E-state index contributed by atoms with van der Waals surface area (Å²) < 4.78 is 21.5. The van der Waals surface area contributed by atoms with Crippen LogP contribution in [0.5, 0.6) is 17.2 Å². The molecule has 3 aromatic rings. The zero-order valence-electron chi connectivity index (χ0n) is 23.7. The molecule has 1 atom stereocenters. The molecule has 1 aliphatic heterocycles. The molecule has 0 fully saturated rings. The van der Waals surface area contributed by atoms with E-state index in [-0.39, 0.29) is 13.2 Å². The maximum atomic E-state index is 12.7. The van der Waals surface area contributed by atoms with Gasteiger partial charge in [0.05, 0.1) is 37.1 Å². The number of para-hydroxylation sites is 1. The number of methoxy groups -OCH3 is 1. The first kappa shape index (κ1) is 30.7. The van der Waals surface area contributed by atoms with Crippen LogP contribution < -0.4 is 30.3 Å². The molecule has 4 rings (SSSR count). The predicted octanol–water partition coefficient (Wildman–Crippen LogP) is 3.80. The van der Waals surface area contributed by atoms with Crippen LogP contribution in [0.15, 0.2) is 89.2 Å². The molecule has 3 aromatic carbocycles. The standard InChI is InChI=1S/C31H30N4O7S/c1-4-40-30(38)27-19(2)33-31(43)34-28(27)24-7-5-6-8-25(24)41-18-26(36)35-32-17-20-9-13-23(14-10-20)42-29(37)21-11-15-22(39-3)16-12-21/h5-17,28H,4,18H2,1-3H3,(H,35,36)(H2,33,34,43)/t28-/m0/s1. The molecular formula is C31H30N4O7S. The monoisotopic (exact) mass is 602 g/mol. The second kappa shape index (κ2) is 14.6. The van der Waals surface area contributed by atoms with Crippen molar-refractivity contribution in [1.82, 2.24) is 16.1 Å². The lowest BCUT2D eigenvalue weighted by molar-refractivity contribution is -0.139. The fraction of sp³-hybridized carbons (Fsp3) is 0.194. The highest BCUT2D eigenvalue weighted by atomic mass is 32.1. The smallest absolute Gasteiger partial charge is 0.343 e. The summed E-state index contributed by atoms with van der Waals surface area (Å²) in [6.07, 6.45) is 1.44. The van der Waals surface area contributed by atoms with Gasteiger partial charge in [-0.2, -0.15) is 5.10 Å². The third kappa shape index (κ3) is 8.17. The molecule has 0 radical (unpaired) electrons. The zero-order chi connectivity index (χ0) is 30.8. The SMILES string of the molecule is CCOC(=O)C1=C(C)NC(=S)N[C@H]1c1ccccc1OCC(=O)NN=Cc1ccc(OC(=O)c2ccc(OC)cc2)cc1. The number of hydrogen-bond acceptors (Lipinski definition) is 9. The van der Waals surface area contributed by atoms with Crippen molar-refractivity contribution in [2.24, 2.45) is 5.10 Å². The number of nitrogens with zero attached hydrogens (tertiary/aromatic N) is 1.